The third-order valence-corrected chi connectivity index (χ3v) is 5.02. The Morgan fingerprint density at radius 1 is 0.939 bits per heavy atom. The van der Waals surface area contributed by atoms with E-state index in [4.69, 9.17) is 14.1 Å². The quantitative estimate of drug-likeness (QED) is 0.351. The first-order valence-corrected chi connectivity index (χ1v) is 10.6. The monoisotopic (exact) mass is 446 g/mol. The molecule has 1 aliphatic rings. The van der Waals surface area contributed by atoms with Gasteiger partial charge < -0.3 is 14.1 Å². The first-order valence-electron chi connectivity index (χ1n) is 10.6. The van der Waals surface area contributed by atoms with Crippen LogP contribution in [0.15, 0.2) is 71.3 Å². The summed E-state index contributed by atoms with van der Waals surface area (Å²) in [5.41, 5.74) is 2.37. The molecule has 2 heterocycles. The molecule has 8 heteroatoms. The van der Waals surface area contributed by atoms with Gasteiger partial charge in [0.25, 0.3) is 11.8 Å². The van der Waals surface area contributed by atoms with Crippen LogP contribution in [0.1, 0.15) is 36.5 Å². The van der Waals surface area contributed by atoms with Crippen LogP contribution in [-0.4, -0.2) is 34.6 Å². The topological polar surface area (TPSA) is 98.9 Å². The zero-order valence-electron chi connectivity index (χ0n) is 18.0. The molecule has 1 aromatic heterocycles. The van der Waals surface area contributed by atoms with Crippen LogP contribution >= 0.6 is 0 Å². The van der Waals surface area contributed by atoms with Crippen molar-refractivity contribution >= 4 is 17.8 Å². The average Bonchev–Trinajstić information content (AvgIpc) is 3.45. The van der Waals surface area contributed by atoms with Gasteiger partial charge in [-0.15, -0.1) is 0 Å². The molecule has 0 aliphatic carbocycles. The predicted molar refractivity (Wildman–Crippen MR) is 119 cm³/mol. The molecule has 0 fully saturated rings. The number of benzene rings is 2. The van der Waals surface area contributed by atoms with Crippen molar-refractivity contribution in [2.24, 2.45) is 0 Å². The van der Waals surface area contributed by atoms with E-state index in [0.29, 0.717) is 23.1 Å². The van der Waals surface area contributed by atoms with Gasteiger partial charge in [0, 0.05) is 29.3 Å². The molecular formula is C25H22N2O6. The summed E-state index contributed by atoms with van der Waals surface area (Å²) in [7, 11) is 0. The minimum atomic E-state index is -0.815. The van der Waals surface area contributed by atoms with Crippen molar-refractivity contribution in [2.45, 2.75) is 26.2 Å². The summed E-state index contributed by atoms with van der Waals surface area (Å²) in [5.74, 6) is -0.799. The summed E-state index contributed by atoms with van der Waals surface area (Å²) < 4.78 is 11.2. The lowest BCUT2D eigenvalue weighted by Gasteiger charge is -2.12. The maximum absolute atomic E-state index is 12.2. The Kier molecular flexibility index (Phi) is 6.64. The number of hydrogen-bond acceptors (Lipinski definition) is 7. The summed E-state index contributed by atoms with van der Waals surface area (Å²) in [6.07, 6.45) is 5.41. The zero-order valence-corrected chi connectivity index (χ0v) is 18.0. The zero-order chi connectivity index (χ0) is 23.2. The van der Waals surface area contributed by atoms with Crippen molar-refractivity contribution in [3.8, 4) is 28.3 Å². The van der Waals surface area contributed by atoms with Crippen LogP contribution in [0.2, 0.25) is 0 Å². The molecule has 0 bridgehead atoms. The van der Waals surface area contributed by atoms with Gasteiger partial charge in [-0.05, 0) is 42.8 Å². The Balaban J connectivity index is 1.39. The highest BCUT2D eigenvalue weighted by Gasteiger charge is 2.28. The van der Waals surface area contributed by atoms with Gasteiger partial charge in [-0.1, -0.05) is 42.1 Å². The number of ether oxygens (including phenoxy) is 1. The van der Waals surface area contributed by atoms with Crippen LogP contribution in [0, 0.1) is 0 Å². The highest BCUT2D eigenvalue weighted by molar-refractivity contribution is 6.12. The van der Waals surface area contributed by atoms with E-state index in [-0.39, 0.29) is 5.56 Å². The van der Waals surface area contributed by atoms with E-state index in [1.807, 2.05) is 24.3 Å². The van der Waals surface area contributed by atoms with E-state index >= 15 is 0 Å². The lowest BCUT2D eigenvalue weighted by atomic mass is 10.1. The lowest BCUT2D eigenvalue weighted by Crippen LogP contribution is -2.32. The molecule has 0 saturated carbocycles. The van der Waals surface area contributed by atoms with E-state index in [2.05, 4.69) is 12.1 Å². The summed E-state index contributed by atoms with van der Waals surface area (Å²) >= 11 is 0. The second kappa shape index (κ2) is 9.95. The van der Waals surface area contributed by atoms with Gasteiger partial charge in [-0.25, -0.2) is 4.79 Å². The van der Waals surface area contributed by atoms with E-state index in [1.54, 1.807) is 18.2 Å². The fraction of sp³-hybridized carbons (Fsp3) is 0.200. The molecule has 168 valence electrons. The molecule has 0 N–H and O–H groups in total. The minimum absolute atomic E-state index is 0.185. The standard InChI is InChI=1S/C25H22N2O6/c1-2-3-4-15-31-20-11-9-18(10-12-20)22-16-21(26-32-22)17-5-7-19(8-6-17)25(30)33-27-23(28)13-14-24(27)29/h5-14,16H,2-4,15H2,1H3. The predicted octanol–water partition coefficient (Wildman–Crippen LogP) is 4.57. The normalized spacial score (nSPS) is 12.9. The number of carbonyl (C=O) groups excluding carboxylic acids is 3. The molecular weight excluding hydrogens is 424 g/mol. The van der Waals surface area contributed by atoms with Crippen molar-refractivity contribution in [2.75, 3.05) is 6.61 Å². The second-order valence-corrected chi connectivity index (χ2v) is 7.42. The number of amides is 2. The van der Waals surface area contributed by atoms with Crippen molar-refractivity contribution in [3.63, 3.8) is 0 Å². The second-order valence-electron chi connectivity index (χ2n) is 7.42. The van der Waals surface area contributed by atoms with Gasteiger partial charge in [-0.3, -0.25) is 9.59 Å². The van der Waals surface area contributed by atoms with Crippen molar-refractivity contribution in [1.29, 1.82) is 0 Å². The first kappa shape index (κ1) is 22.0. The molecule has 0 radical (unpaired) electrons. The number of hydrogen-bond donors (Lipinski definition) is 0. The molecule has 1 aliphatic heterocycles. The van der Waals surface area contributed by atoms with Crippen LogP contribution in [-0.2, 0) is 14.4 Å². The van der Waals surface area contributed by atoms with E-state index in [0.717, 1.165) is 48.3 Å². The molecule has 3 aromatic rings. The highest BCUT2D eigenvalue weighted by atomic mass is 16.7. The fourth-order valence-electron chi connectivity index (χ4n) is 3.19. The van der Waals surface area contributed by atoms with Crippen LogP contribution in [0.4, 0.5) is 0 Å². The first-order chi connectivity index (χ1) is 16.0. The summed E-state index contributed by atoms with van der Waals surface area (Å²) in [6, 6.07) is 15.8. The number of imide groups is 1. The van der Waals surface area contributed by atoms with Gasteiger partial charge in [0.15, 0.2) is 5.76 Å². The average molecular weight is 446 g/mol. The number of unbranched alkanes of at least 4 members (excludes halogenated alkanes) is 2. The summed E-state index contributed by atoms with van der Waals surface area (Å²) in [5, 5.41) is 4.52. The number of nitrogens with zero attached hydrogens (tertiary/aromatic N) is 2. The fourth-order valence-corrected chi connectivity index (χ4v) is 3.19. The van der Waals surface area contributed by atoms with Crippen LogP contribution in [0.3, 0.4) is 0 Å². The SMILES string of the molecule is CCCCCOc1ccc(-c2cc(-c3ccc(C(=O)ON4C(=O)C=CC4=O)cc3)no2)cc1. The van der Waals surface area contributed by atoms with E-state index < -0.39 is 17.8 Å². The number of aromatic nitrogens is 1. The minimum Gasteiger partial charge on any atom is -0.494 e. The third kappa shape index (κ3) is 5.17. The molecule has 0 saturated heterocycles. The maximum Gasteiger partial charge on any atom is 0.363 e. The number of carbonyl (C=O) groups is 3. The Morgan fingerprint density at radius 3 is 2.27 bits per heavy atom. The summed E-state index contributed by atoms with van der Waals surface area (Å²) in [4.78, 5) is 40.1. The van der Waals surface area contributed by atoms with Gasteiger partial charge >= 0.3 is 5.97 Å². The molecule has 2 amide bonds. The molecule has 33 heavy (non-hydrogen) atoms. The van der Waals surface area contributed by atoms with Crippen LogP contribution in [0.5, 0.6) is 5.75 Å². The van der Waals surface area contributed by atoms with Gasteiger partial charge in [0.2, 0.25) is 0 Å². The van der Waals surface area contributed by atoms with Gasteiger partial charge in [-0.2, -0.15) is 0 Å². The van der Waals surface area contributed by atoms with E-state index in [1.165, 1.54) is 12.1 Å². The van der Waals surface area contributed by atoms with Crippen LogP contribution in [0.25, 0.3) is 22.6 Å². The molecule has 2 aromatic carbocycles. The molecule has 0 atom stereocenters. The van der Waals surface area contributed by atoms with Crippen molar-refractivity contribution < 1.29 is 28.5 Å². The Bertz CT molecular complexity index is 1160. The van der Waals surface area contributed by atoms with Crippen LogP contribution < -0.4 is 4.74 Å². The number of hydroxylamine groups is 2. The van der Waals surface area contributed by atoms with Crippen molar-refractivity contribution in [3.05, 3.63) is 72.3 Å². The Hall–Kier alpha value is -4.20. The van der Waals surface area contributed by atoms with E-state index in [9.17, 15) is 14.4 Å². The highest BCUT2D eigenvalue weighted by Crippen LogP contribution is 2.28. The lowest BCUT2D eigenvalue weighted by molar-refractivity contribution is -0.170. The Labute approximate surface area is 190 Å². The maximum atomic E-state index is 12.2. The molecule has 0 spiro atoms. The smallest absolute Gasteiger partial charge is 0.363 e. The molecule has 4 rings (SSSR count). The number of rotatable bonds is 9. The molecule has 8 nitrogen and oxygen atoms in total. The van der Waals surface area contributed by atoms with Gasteiger partial charge in [0.05, 0.1) is 12.2 Å². The molecule has 0 unspecified atom stereocenters. The Morgan fingerprint density at radius 2 is 1.61 bits per heavy atom. The third-order valence-electron chi connectivity index (χ3n) is 5.02. The summed E-state index contributed by atoms with van der Waals surface area (Å²) in [6.45, 7) is 2.85. The largest absolute Gasteiger partial charge is 0.494 e. The van der Waals surface area contributed by atoms with Crippen molar-refractivity contribution in [1.82, 2.24) is 10.2 Å². The van der Waals surface area contributed by atoms with Gasteiger partial charge in [0.1, 0.15) is 11.4 Å².